The number of rotatable bonds is 5. The molecular weight excluding hydrogens is 292 g/mol. The Morgan fingerprint density at radius 2 is 1.96 bits per heavy atom. The molecule has 0 radical (unpaired) electrons. The normalized spacial score (nSPS) is 10.5. The number of aromatic carboxylic acids is 1. The Morgan fingerprint density at radius 3 is 2.65 bits per heavy atom. The molecule has 2 N–H and O–H groups in total. The summed E-state index contributed by atoms with van der Waals surface area (Å²) in [6, 6.07) is 14.6. The van der Waals surface area contributed by atoms with E-state index in [9.17, 15) is 4.79 Å². The van der Waals surface area contributed by atoms with Crippen LogP contribution in [0, 0.1) is 0 Å². The molecule has 0 aliphatic carbocycles. The van der Waals surface area contributed by atoms with Crippen molar-refractivity contribution in [3.8, 4) is 5.75 Å². The van der Waals surface area contributed by atoms with Crippen LogP contribution in [0.2, 0.25) is 0 Å². The number of aromatic nitrogens is 1. The third-order valence-electron chi connectivity index (χ3n) is 3.63. The van der Waals surface area contributed by atoms with E-state index < -0.39 is 5.97 Å². The average Bonchev–Trinajstić information content (AvgIpc) is 2.59. The highest BCUT2D eigenvalue weighted by Crippen LogP contribution is 2.23. The number of anilines is 1. The van der Waals surface area contributed by atoms with Gasteiger partial charge >= 0.3 is 5.97 Å². The smallest absolute Gasteiger partial charge is 0.335 e. The average molecular weight is 308 g/mol. The highest BCUT2D eigenvalue weighted by Gasteiger charge is 2.07. The van der Waals surface area contributed by atoms with Gasteiger partial charge in [0.2, 0.25) is 0 Å². The van der Waals surface area contributed by atoms with Crippen molar-refractivity contribution in [3.05, 3.63) is 65.9 Å². The first-order valence-electron chi connectivity index (χ1n) is 7.16. The number of nitrogens with zero attached hydrogens (tertiary/aromatic N) is 1. The quantitative estimate of drug-likeness (QED) is 0.754. The summed E-state index contributed by atoms with van der Waals surface area (Å²) in [6.45, 7) is 0.622. The molecule has 0 aliphatic heterocycles. The summed E-state index contributed by atoms with van der Waals surface area (Å²) in [5.74, 6) is 0.616. The monoisotopic (exact) mass is 308 g/mol. The summed E-state index contributed by atoms with van der Waals surface area (Å²) in [5, 5.41) is 14.1. The Labute approximate surface area is 133 Å². The van der Waals surface area contributed by atoms with Crippen molar-refractivity contribution in [2.45, 2.75) is 6.54 Å². The highest BCUT2D eigenvalue weighted by molar-refractivity contribution is 5.98. The maximum absolute atomic E-state index is 11.1. The van der Waals surface area contributed by atoms with Gasteiger partial charge in [-0.25, -0.2) is 9.78 Å². The van der Waals surface area contributed by atoms with Gasteiger partial charge in [-0.3, -0.25) is 0 Å². The van der Waals surface area contributed by atoms with E-state index >= 15 is 0 Å². The van der Waals surface area contributed by atoms with Crippen molar-refractivity contribution in [1.29, 1.82) is 0 Å². The predicted octanol–water partition coefficient (Wildman–Crippen LogP) is 3.55. The number of carboxylic acid groups (broad SMARTS) is 1. The van der Waals surface area contributed by atoms with E-state index in [1.807, 2.05) is 24.3 Å². The summed E-state index contributed by atoms with van der Waals surface area (Å²) in [4.78, 5) is 15.4. The van der Waals surface area contributed by atoms with Crippen LogP contribution in [0.25, 0.3) is 10.8 Å². The van der Waals surface area contributed by atoms with Gasteiger partial charge in [0.25, 0.3) is 0 Å². The lowest BCUT2D eigenvalue weighted by atomic mass is 10.1. The van der Waals surface area contributed by atoms with Gasteiger partial charge in [-0.2, -0.15) is 0 Å². The first-order chi connectivity index (χ1) is 11.2. The Hall–Kier alpha value is -3.08. The molecule has 23 heavy (non-hydrogen) atoms. The van der Waals surface area contributed by atoms with Crippen LogP contribution in [0.3, 0.4) is 0 Å². The number of benzene rings is 2. The Morgan fingerprint density at radius 1 is 1.17 bits per heavy atom. The van der Waals surface area contributed by atoms with Crippen LogP contribution in [0.1, 0.15) is 15.9 Å². The maximum atomic E-state index is 11.1. The Bertz CT molecular complexity index is 845. The number of hydrogen-bond acceptors (Lipinski definition) is 4. The standard InChI is InChI=1S/C18H16N2O3/c1-23-15-5-2-12(3-6-15)11-20-17-16-7-4-14(18(21)22)10-13(16)8-9-19-17/h2-10H,11H2,1H3,(H,19,20)(H,21,22). The third-order valence-corrected chi connectivity index (χ3v) is 3.63. The molecule has 3 rings (SSSR count). The highest BCUT2D eigenvalue weighted by atomic mass is 16.5. The molecule has 5 nitrogen and oxygen atoms in total. The van der Waals surface area contributed by atoms with E-state index in [-0.39, 0.29) is 5.56 Å². The summed E-state index contributed by atoms with van der Waals surface area (Å²) in [6.07, 6.45) is 1.67. The van der Waals surface area contributed by atoms with E-state index in [1.54, 1.807) is 37.6 Å². The number of methoxy groups -OCH3 is 1. The largest absolute Gasteiger partial charge is 0.497 e. The lowest BCUT2D eigenvalue weighted by molar-refractivity contribution is 0.0697. The van der Waals surface area contributed by atoms with Crippen LogP contribution >= 0.6 is 0 Å². The Kier molecular flexibility index (Phi) is 4.10. The zero-order valence-corrected chi connectivity index (χ0v) is 12.6. The molecule has 0 bridgehead atoms. The van der Waals surface area contributed by atoms with Gasteiger partial charge < -0.3 is 15.2 Å². The number of fused-ring (bicyclic) bond motifs is 1. The van der Waals surface area contributed by atoms with Crippen molar-refractivity contribution in [3.63, 3.8) is 0 Å². The summed E-state index contributed by atoms with van der Waals surface area (Å²) in [7, 11) is 1.64. The van der Waals surface area contributed by atoms with Gasteiger partial charge in [-0.1, -0.05) is 12.1 Å². The zero-order valence-electron chi connectivity index (χ0n) is 12.6. The van der Waals surface area contributed by atoms with E-state index in [0.29, 0.717) is 6.54 Å². The lowest BCUT2D eigenvalue weighted by Gasteiger charge is -2.10. The molecule has 116 valence electrons. The van der Waals surface area contributed by atoms with Gasteiger partial charge in [-0.05, 0) is 47.3 Å². The summed E-state index contributed by atoms with van der Waals surface area (Å²) < 4.78 is 5.14. The first kappa shape index (κ1) is 14.8. The van der Waals surface area contributed by atoms with Gasteiger partial charge in [0.15, 0.2) is 0 Å². The molecule has 0 atom stereocenters. The second-order valence-electron chi connectivity index (χ2n) is 5.10. The number of carbonyl (C=O) groups is 1. The van der Waals surface area contributed by atoms with E-state index in [4.69, 9.17) is 9.84 Å². The number of hydrogen-bond donors (Lipinski definition) is 2. The molecule has 1 aromatic heterocycles. The SMILES string of the molecule is COc1ccc(CNc2nccc3cc(C(=O)O)ccc23)cc1. The second kappa shape index (κ2) is 6.36. The van der Waals surface area contributed by atoms with Crippen molar-refractivity contribution >= 4 is 22.6 Å². The maximum Gasteiger partial charge on any atom is 0.335 e. The van der Waals surface area contributed by atoms with Crippen LogP contribution in [-0.2, 0) is 6.54 Å². The molecule has 0 amide bonds. The first-order valence-corrected chi connectivity index (χ1v) is 7.16. The van der Waals surface area contributed by atoms with Crippen LogP contribution in [0.4, 0.5) is 5.82 Å². The molecule has 3 aromatic rings. The number of pyridine rings is 1. The zero-order chi connectivity index (χ0) is 16.2. The molecule has 0 fully saturated rings. The van der Waals surface area contributed by atoms with Crippen LogP contribution in [-0.4, -0.2) is 23.2 Å². The van der Waals surface area contributed by atoms with E-state index in [0.717, 1.165) is 27.9 Å². The number of ether oxygens (including phenoxy) is 1. The van der Waals surface area contributed by atoms with Gasteiger partial charge in [0, 0.05) is 18.1 Å². The predicted molar refractivity (Wildman–Crippen MR) is 89.0 cm³/mol. The van der Waals surface area contributed by atoms with Gasteiger partial charge in [0.1, 0.15) is 11.6 Å². The Balaban J connectivity index is 1.83. The molecule has 5 heteroatoms. The minimum absolute atomic E-state index is 0.268. The van der Waals surface area contributed by atoms with Gasteiger partial charge in [-0.15, -0.1) is 0 Å². The van der Waals surface area contributed by atoms with Crippen molar-refractivity contribution < 1.29 is 14.6 Å². The second-order valence-corrected chi connectivity index (χ2v) is 5.10. The fourth-order valence-electron chi connectivity index (χ4n) is 2.38. The fraction of sp³-hybridized carbons (Fsp3) is 0.111. The van der Waals surface area contributed by atoms with Crippen LogP contribution in [0.5, 0.6) is 5.75 Å². The van der Waals surface area contributed by atoms with E-state index in [2.05, 4.69) is 10.3 Å². The molecule has 0 spiro atoms. The number of carboxylic acids is 1. The van der Waals surface area contributed by atoms with Gasteiger partial charge in [0.05, 0.1) is 12.7 Å². The summed E-state index contributed by atoms with van der Waals surface area (Å²) in [5.41, 5.74) is 1.37. The molecule has 0 saturated carbocycles. The van der Waals surface area contributed by atoms with Crippen LogP contribution in [0.15, 0.2) is 54.7 Å². The summed E-state index contributed by atoms with van der Waals surface area (Å²) >= 11 is 0. The molecule has 0 unspecified atom stereocenters. The third kappa shape index (κ3) is 3.23. The lowest BCUT2D eigenvalue weighted by Crippen LogP contribution is -2.02. The molecule has 0 aliphatic rings. The minimum Gasteiger partial charge on any atom is -0.497 e. The van der Waals surface area contributed by atoms with E-state index in [1.165, 1.54) is 0 Å². The fourth-order valence-corrected chi connectivity index (χ4v) is 2.38. The minimum atomic E-state index is -0.934. The topological polar surface area (TPSA) is 71.5 Å². The molecule has 2 aromatic carbocycles. The van der Waals surface area contributed by atoms with Crippen LogP contribution < -0.4 is 10.1 Å². The van der Waals surface area contributed by atoms with Crippen molar-refractivity contribution in [2.75, 3.05) is 12.4 Å². The van der Waals surface area contributed by atoms with Crippen molar-refractivity contribution in [1.82, 2.24) is 4.98 Å². The molecular formula is C18H16N2O3. The molecule has 1 heterocycles. The van der Waals surface area contributed by atoms with Crippen molar-refractivity contribution in [2.24, 2.45) is 0 Å². The molecule has 0 saturated heterocycles. The number of nitrogens with one attached hydrogen (secondary N) is 1.